The lowest BCUT2D eigenvalue weighted by Gasteiger charge is -2.27. The quantitative estimate of drug-likeness (QED) is 0.820. The summed E-state index contributed by atoms with van der Waals surface area (Å²) in [5.74, 6) is 0.552. The van der Waals surface area contributed by atoms with Crippen molar-refractivity contribution in [2.45, 2.75) is 39.2 Å². The Morgan fingerprint density at radius 1 is 1.17 bits per heavy atom. The molecule has 24 heavy (non-hydrogen) atoms. The molecule has 2 aromatic rings. The van der Waals surface area contributed by atoms with Crippen LogP contribution in [-0.4, -0.2) is 53.9 Å². The molecule has 0 radical (unpaired) electrons. The van der Waals surface area contributed by atoms with Crippen molar-refractivity contribution in [2.75, 3.05) is 39.3 Å². The van der Waals surface area contributed by atoms with Crippen molar-refractivity contribution < 1.29 is 5.11 Å². The van der Waals surface area contributed by atoms with Crippen LogP contribution < -0.4 is 5.32 Å². The van der Waals surface area contributed by atoms with Gasteiger partial charge in [-0.05, 0) is 42.0 Å². The van der Waals surface area contributed by atoms with E-state index in [0.29, 0.717) is 5.92 Å². The Balaban J connectivity index is 1.84. The highest BCUT2D eigenvalue weighted by atomic mass is 16.3. The standard InChI is InChI=1S/C20H31N3O/c1-16(2)17-4-5-20-19(14-17)18(15-23(20)9-3-13-24)6-10-22-11-7-21-8-12-22/h4-5,14-16,21,24H,3,6-13H2,1-2H3. The third kappa shape index (κ3) is 4.00. The summed E-state index contributed by atoms with van der Waals surface area (Å²) >= 11 is 0. The minimum atomic E-state index is 0.250. The van der Waals surface area contributed by atoms with Crippen LogP contribution in [0.25, 0.3) is 10.9 Å². The highest BCUT2D eigenvalue weighted by Crippen LogP contribution is 2.27. The average Bonchev–Trinajstić information content (AvgIpc) is 2.96. The molecule has 2 N–H and O–H groups in total. The zero-order valence-electron chi connectivity index (χ0n) is 15.1. The molecule has 1 aromatic carbocycles. The smallest absolute Gasteiger partial charge is 0.0483 e. The molecule has 1 fully saturated rings. The normalized spacial score (nSPS) is 16.3. The summed E-state index contributed by atoms with van der Waals surface area (Å²) in [7, 11) is 0. The van der Waals surface area contributed by atoms with Crippen molar-refractivity contribution in [1.29, 1.82) is 0 Å². The molecule has 0 saturated carbocycles. The van der Waals surface area contributed by atoms with Gasteiger partial charge in [0, 0.05) is 63.0 Å². The van der Waals surface area contributed by atoms with Crippen molar-refractivity contribution in [3.63, 3.8) is 0 Å². The van der Waals surface area contributed by atoms with Gasteiger partial charge in [-0.25, -0.2) is 0 Å². The third-order valence-electron chi connectivity index (χ3n) is 5.12. The minimum Gasteiger partial charge on any atom is -0.396 e. The van der Waals surface area contributed by atoms with Crippen LogP contribution in [0, 0.1) is 0 Å². The summed E-state index contributed by atoms with van der Waals surface area (Å²) < 4.78 is 2.32. The fraction of sp³-hybridized carbons (Fsp3) is 0.600. The molecular weight excluding hydrogens is 298 g/mol. The van der Waals surface area contributed by atoms with Gasteiger partial charge in [0.05, 0.1) is 0 Å². The van der Waals surface area contributed by atoms with Crippen LogP contribution in [0.3, 0.4) is 0 Å². The van der Waals surface area contributed by atoms with Crippen molar-refractivity contribution in [1.82, 2.24) is 14.8 Å². The molecule has 3 rings (SSSR count). The number of nitrogens with one attached hydrogen (secondary N) is 1. The highest BCUT2D eigenvalue weighted by Gasteiger charge is 2.13. The molecule has 4 heteroatoms. The Morgan fingerprint density at radius 2 is 1.96 bits per heavy atom. The van der Waals surface area contributed by atoms with Crippen LogP contribution in [0.1, 0.15) is 37.3 Å². The van der Waals surface area contributed by atoms with Crippen LogP contribution in [0.4, 0.5) is 0 Å². The summed E-state index contributed by atoms with van der Waals surface area (Å²) in [6.07, 6.45) is 4.23. The molecule has 1 aromatic heterocycles. The van der Waals surface area contributed by atoms with E-state index in [0.717, 1.165) is 52.1 Å². The maximum atomic E-state index is 9.17. The molecule has 0 atom stereocenters. The number of fused-ring (bicyclic) bond motifs is 1. The molecular formula is C20H31N3O. The molecule has 0 unspecified atom stereocenters. The molecule has 132 valence electrons. The number of aliphatic hydroxyl groups is 1. The Bertz CT molecular complexity index is 656. The maximum absolute atomic E-state index is 9.17. The molecule has 0 bridgehead atoms. The van der Waals surface area contributed by atoms with Gasteiger partial charge >= 0.3 is 0 Å². The van der Waals surface area contributed by atoms with Gasteiger partial charge < -0.3 is 19.9 Å². The molecule has 1 saturated heterocycles. The number of aromatic nitrogens is 1. The third-order valence-corrected chi connectivity index (χ3v) is 5.12. The lowest BCUT2D eigenvalue weighted by Crippen LogP contribution is -2.44. The van der Waals surface area contributed by atoms with Gasteiger partial charge in [-0.1, -0.05) is 19.9 Å². The number of rotatable bonds is 7. The van der Waals surface area contributed by atoms with E-state index in [2.05, 4.69) is 53.0 Å². The largest absolute Gasteiger partial charge is 0.396 e. The Labute approximate surface area is 145 Å². The molecule has 0 spiro atoms. The van der Waals surface area contributed by atoms with Crippen molar-refractivity contribution in [2.24, 2.45) is 0 Å². The van der Waals surface area contributed by atoms with Gasteiger partial charge in [0.25, 0.3) is 0 Å². The molecule has 0 amide bonds. The van der Waals surface area contributed by atoms with Crippen LogP contribution >= 0.6 is 0 Å². The summed E-state index contributed by atoms with van der Waals surface area (Å²) in [5, 5.41) is 14.0. The van der Waals surface area contributed by atoms with E-state index < -0.39 is 0 Å². The number of hydrogen-bond donors (Lipinski definition) is 2. The number of aryl methyl sites for hydroxylation is 1. The topological polar surface area (TPSA) is 40.4 Å². The second-order valence-corrected chi connectivity index (χ2v) is 7.20. The van der Waals surface area contributed by atoms with E-state index in [4.69, 9.17) is 0 Å². The van der Waals surface area contributed by atoms with Gasteiger partial charge in [0.15, 0.2) is 0 Å². The lowest BCUT2D eigenvalue weighted by molar-refractivity contribution is 0.244. The first kappa shape index (κ1) is 17.5. The van der Waals surface area contributed by atoms with Gasteiger partial charge in [-0.2, -0.15) is 0 Å². The Morgan fingerprint density at radius 3 is 2.67 bits per heavy atom. The van der Waals surface area contributed by atoms with Crippen LogP contribution in [0.5, 0.6) is 0 Å². The number of hydrogen-bond acceptors (Lipinski definition) is 3. The van der Waals surface area contributed by atoms with Gasteiger partial charge in [0.1, 0.15) is 0 Å². The Kier molecular flexibility index (Phi) is 5.93. The minimum absolute atomic E-state index is 0.250. The Hall–Kier alpha value is -1.36. The summed E-state index contributed by atoms with van der Waals surface area (Å²) in [5.41, 5.74) is 4.16. The molecule has 1 aliphatic rings. The first-order valence-corrected chi connectivity index (χ1v) is 9.34. The van der Waals surface area contributed by atoms with Crippen molar-refractivity contribution in [3.8, 4) is 0 Å². The highest BCUT2D eigenvalue weighted by molar-refractivity contribution is 5.85. The molecule has 1 aliphatic heterocycles. The second kappa shape index (κ2) is 8.15. The zero-order chi connectivity index (χ0) is 16.9. The van der Waals surface area contributed by atoms with E-state index in [-0.39, 0.29) is 6.61 Å². The first-order valence-electron chi connectivity index (χ1n) is 9.34. The van der Waals surface area contributed by atoms with Crippen LogP contribution in [0.2, 0.25) is 0 Å². The summed E-state index contributed by atoms with van der Waals surface area (Å²) in [4.78, 5) is 2.56. The summed E-state index contributed by atoms with van der Waals surface area (Å²) in [6.45, 7) is 11.3. The zero-order valence-corrected chi connectivity index (χ0v) is 15.1. The number of benzene rings is 1. The van der Waals surface area contributed by atoms with Crippen molar-refractivity contribution in [3.05, 3.63) is 35.5 Å². The van der Waals surface area contributed by atoms with E-state index in [9.17, 15) is 5.11 Å². The van der Waals surface area contributed by atoms with Gasteiger partial charge in [-0.15, -0.1) is 0 Å². The predicted molar refractivity (Wildman–Crippen MR) is 101 cm³/mol. The number of aliphatic hydroxyl groups excluding tert-OH is 1. The van der Waals surface area contributed by atoms with E-state index >= 15 is 0 Å². The fourth-order valence-corrected chi connectivity index (χ4v) is 3.59. The fourth-order valence-electron chi connectivity index (χ4n) is 3.59. The SMILES string of the molecule is CC(C)c1ccc2c(c1)c(CCN1CCNCC1)cn2CCCO. The predicted octanol–water partition coefficient (Wildman–Crippen LogP) is 2.59. The van der Waals surface area contributed by atoms with Gasteiger partial charge in [0.2, 0.25) is 0 Å². The second-order valence-electron chi connectivity index (χ2n) is 7.20. The van der Waals surface area contributed by atoms with Crippen LogP contribution in [-0.2, 0) is 13.0 Å². The molecule has 0 aliphatic carbocycles. The van der Waals surface area contributed by atoms with Crippen LogP contribution in [0.15, 0.2) is 24.4 Å². The first-order chi connectivity index (χ1) is 11.7. The maximum Gasteiger partial charge on any atom is 0.0483 e. The molecule has 4 nitrogen and oxygen atoms in total. The van der Waals surface area contributed by atoms with E-state index in [1.54, 1.807) is 0 Å². The molecule has 2 heterocycles. The van der Waals surface area contributed by atoms with E-state index in [1.165, 1.54) is 22.0 Å². The van der Waals surface area contributed by atoms with Gasteiger partial charge in [-0.3, -0.25) is 0 Å². The number of piperazine rings is 1. The van der Waals surface area contributed by atoms with E-state index in [1.807, 2.05) is 0 Å². The average molecular weight is 329 g/mol. The monoisotopic (exact) mass is 329 g/mol. The summed E-state index contributed by atoms with van der Waals surface area (Å²) in [6, 6.07) is 6.89. The van der Waals surface area contributed by atoms with Crippen molar-refractivity contribution >= 4 is 10.9 Å². The lowest BCUT2D eigenvalue weighted by atomic mass is 10.00. The number of nitrogens with zero attached hydrogens (tertiary/aromatic N) is 2.